The number of aryl methyl sites for hydroxylation is 1. The van der Waals surface area contributed by atoms with Crippen LogP contribution < -0.4 is 5.56 Å². The van der Waals surface area contributed by atoms with Crippen molar-refractivity contribution < 1.29 is 8.78 Å². The lowest BCUT2D eigenvalue weighted by Crippen LogP contribution is -2.10. The highest BCUT2D eigenvalue weighted by atomic mass is 19.2. The third-order valence-corrected chi connectivity index (χ3v) is 2.81. The number of halogens is 2. The third-order valence-electron chi connectivity index (χ3n) is 2.81. The average Bonchev–Trinajstić information content (AvgIpc) is 2.72. The maximum atomic E-state index is 13.8. The van der Waals surface area contributed by atoms with Gasteiger partial charge in [0.05, 0.1) is 11.4 Å². The van der Waals surface area contributed by atoms with E-state index in [1.807, 2.05) is 0 Å². The number of rotatable bonds is 1. The van der Waals surface area contributed by atoms with E-state index in [0.29, 0.717) is 11.3 Å². The Balaban J connectivity index is 2.42. The Morgan fingerprint density at radius 2 is 2.05 bits per heavy atom. The average molecular weight is 261 g/mol. The molecule has 0 fully saturated rings. The molecule has 0 radical (unpaired) electrons. The van der Waals surface area contributed by atoms with Gasteiger partial charge in [0.2, 0.25) is 0 Å². The van der Waals surface area contributed by atoms with Crippen molar-refractivity contribution in [1.82, 2.24) is 14.6 Å². The number of aromatic amines is 1. The number of aromatic nitrogens is 3. The minimum absolute atomic E-state index is 0.000741. The Kier molecular flexibility index (Phi) is 2.45. The standard InChI is InChI=1S/C13H9F2N3O/c1-7-5-11-16-12(19)6-10(18(11)17-7)8-3-2-4-9(14)13(8)15/h2-6H,1H3,(H,16,19). The molecule has 0 atom stereocenters. The SMILES string of the molecule is Cc1cc2[nH]c(=O)cc(-c3cccc(F)c3F)n2n1. The molecule has 6 heteroatoms. The predicted octanol–water partition coefficient (Wildman–Crippen LogP) is 2.28. The van der Waals surface area contributed by atoms with Crippen LogP contribution in [0.2, 0.25) is 0 Å². The number of fused-ring (bicyclic) bond motifs is 1. The third kappa shape index (κ3) is 1.81. The molecule has 0 saturated carbocycles. The monoisotopic (exact) mass is 261 g/mol. The Labute approximate surface area is 106 Å². The highest BCUT2D eigenvalue weighted by molar-refractivity contribution is 5.63. The largest absolute Gasteiger partial charge is 0.307 e. The van der Waals surface area contributed by atoms with Crippen molar-refractivity contribution >= 4 is 5.65 Å². The molecule has 0 amide bonds. The first kappa shape index (κ1) is 11.6. The molecule has 1 N–H and O–H groups in total. The molecule has 0 aliphatic rings. The predicted molar refractivity (Wildman–Crippen MR) is 65.9 cm³/mol. The topological polar surface area (TPSA) is 50.2 Å². The number of H-pyrrole nitrogens is 1. The molecule has 1 aromatic carbocycles. The van der Waals surface area contributed by atoms with Gasteiger partial charge in [-0.05, 0) is 19.1 Å². The Morgan fingerprint density at radius 1 is 1.26 bits per heavy atom. The second-order valence-corrected chi connectivity index (χ2v) is 4.20. The molecule has 0 saturated heterocycles. The van der Waals surface area contributed by atoms with Gasteiger partial charge in [-0.2, -0.15) is 5.10 Å². The van der Waals surface area contributed by atoms with Gasteiger partial charge in [-0.1, -0.05) is 6.07 Å². The number of nitrogens with one attached hydrogen (secondary N) is 1. The van der Waals surface area contributed by atoms with Gasteiger partial charge in [0.15, 0.2) is 11.6 Å². The molecular formula is C13H9F2N3O. The molecule has 0 bridgehead atoms. The van der Waals surface area contributed by atoms with Crippen molar-refractivity contribution in [3.05, 3.63) is 58.0 Å². The quantitative estimate of drug-likeness (QED) is 0.730. The molecule has 0 aliphatic carbocycles. The van der Waals surface area contributed by atoms with Gasteiger partial charge >= 0.3 is 0 Å². The van der Waals surface area contributed by atoms with Crippen LogP contribution in [0.3, 0.4) is 0 Å². The minimum atomic E-state index is -0.998. The van der Waals surface area contributed by atoms with Crippen LogP contribution in [0.15, 0.2) is 35.1 Å². The van der Waals surface area contributed by atoms with Crippen LogP contribution in [0.25, 0.3) is 16.9 Å². The normalized spacial score (nSPS) is 11.1. The summed E-state index contributed by atoms with van der Waals surface area (Å²) in [6.07, 6.45) is 0. The van der Waals surface area contributed by atoms with Gasteiger partial charge in [-0.15, -0.1) is 0 Å². The van der Waals surface area contributed by atoms with E-state index in [1.54, 1.807) is 13.0 Å². The van der Waals surface area contributed by atoms with E-state index in [1.165, 1.54) is 22.7 Å². The van der Waals surface area contributed by atoms with Crippen molar-refractivity contribution in [1.29, 1.82) is 0 Å². The summed E-state index contributed by atoms with van der Waals surface area (Å²) in [4.78, 5) is 14.2. The highest BCUT2D eigenvalue weighted by Crippen LogP contribution is 2.23. The summed E-state index contributed by atoms with van der Waals surface area (Å²) < 4.78 is 28.5. The molecule has 2 aromatic heterocycles. The molecule has 0 aliphatic heterocycles. The van der Waals surface area contributed by atoms with Gasteiger partial charge in [-0.3, -0.25) is 4.79 Å². The minimum Gasteiger partial charge on any atom is -0.307 e. The summed E-state index contributed by atoms with van der Waals surface area (Å²) in [7, 11) is 0. The first-order valence-corrected chi connectivity index (χ1v) is 5.60. The molecule has 0 spiro atoms. The second kappa shape index (κ2) is 4.01. The Hall–Kier alpha value is -2.50. The van der Waals surface area contributed by atoms with Crippen LogP contribution >= 0.6 is 0 Å². The summed E-state index contributed by atoms with van der Waals surface area (Å²) in [5.74, 6) is -1.96. The number of hydrogen-bond acceptors (Lipinski definition) is 2. The maximum Gasteiger partial charge on any atom is 0.251 e. The Bertz CT molecular complexity index is 836. The summed E-state index contributed by atoms with van der Waals surface area (Å²) in [5.41, 5.74) is 0.915. The zero-order chi connectivity index (χ0) is 13.6. The fourth-order valence-electron chi connectivity index (χ4n) is 2.01. The van der Waals surface area contributed by atoms with E-state index in [-0.39, 0.29) is 11.3 Å². The molecule has 3 aromatic rings. The van der Waals surface area contributed by atoms with Crippen LogP contribution in [0.1, 0.15) is 5.69 Å². The number of hydrogen-bond donors (Lipinski definition) is 1. The lowest BCUT2D eigenvalue weighted by atomic mass is 10.1. The molecule has 0 unspecified atom stereocenters. The van der Waals surface area contributed by atoms with Crippen LogP contribution in [0, 0.1) is 18.6 Å². The summed E-state index contributed by atoms with van der Waals surface area (Å²) in [5, 5.41) is 4.16. The van der Waals surface area contributed by atoms with Crippen molar-refractivity contribution in [2.75, 3.05) is 0 Å². The van der Waals surface area contributed by atoms with E-state index in [0.717, 1.165) is 6.07 Å². The summed E-state index contributed by atoms with van der Waals surface area (Å²) in [6.45, 7) is 1.75. The second-order valence-electron chi connectivity index (χ2n) is 4.20. The maximum absolute atomic E-state index is 13.8. The van der Waals surface area contributed by atoms with Crippen LogP contribution in [-0.4, -0.2) is 14.6 Å². The van der Waals surface area contributed by atoms with E-state index in [9.17, 15) is 13.6 Å². The van der Waals surface area contributed by atoms with Crippen molar-refractivity contribution in [3.63, 3.8) is 0 Å². The first-order chi connectivity index (χ1) is 9.06. The van der Waals surface area contributed by atoms with Gasteiger partial charge in [0.1, 0.15) is 5.65 Å². The Morgan fingerprint density at radius 3 is 2.84 bits per heavy atom. The highest BCUT2D eigenvalue weighted by Gasteiger charge is 2.14. The smallest absolute Gasteiger partial charge is 0.251 e. The zero-order valence-corrected chi connectivity index (χ0v) is 9.95. The van der Waals surface area contributed by atoms with E-state index < -0.39 is 17.2 Å². The van der Waals surface area contributed by atoms with E-state index in [2.05, 4.69) is 10.1 Å². The lowest BCUT2D eigenvalue weighted by Gasteiger charge is -2.06. The molecule has 4 nitrogen and oxygen atoms in total. The molecule has 96 valence electrons. The van der Waals surface area contributed by atoms with Gasteiger partial charge in [0, 0.05) is 17.7 Å². The molecule has 2 heterocycles. The van der Waals surface area contributed by atoms with Crippen LogP contribution in [-0.2, 0) is 0 Å². The van der Waals surface area contributed by atoms with Crippen molar-refractivity contribution in [2.24, 2.45) is 0 Å². The van der Waals surface area contributed by atoms with Crippen molar-refractivity contribution in [2.45, 2.75) is 6.92 Å². The van der Waals surface area contributed by atoms with Gasteiger partial charge in [0.25, 0.3) is 5.56 Å². The van der Waals surface area contributed by atoms with Gasteiger partial charge < -0.3 is 4.98 Å². The van der Waals surface area contributed by atoms with Crippen LogP contribution in [0.4, 0.5) is 8.78 Å². The number of nitrogens with zero attached hydrogens (tertiary/aromatic N) is 2. The van der Waals surface area contributed by atoms with E-state index >= 15 is 0 Å². The molecule has 3 rings (SSSR count). The molecule has 19 heavy (non-hydrogen) atoms. The fraction of sp³-hybridized carbons (Fsp3) is 0.0769. The zero-order valence-electron chi connectivity index (χ0n) is 9.95. The van der Waals surface area contributed by atoms with Crippen LogP contribution in [0.5, 0.6) is 0 Å². The van der Waals surface area contributed by atoms with Gasteiger partial charge in [-0.25, -0.2) is 13.3 Å². The summed E-state index contributed by atoms with van der Waals surface area (Å²) in [6, 6.07) is 6.66. The number of benzene rings is 1. The first-order valence-electron chi connectivity index (χ1n) is 5.60. The summed E-state index contributed by atoms with van der Waals surface area (Å²) >= 11 is 0. The van der Waals surface area contributed by atoms with Crippen molar-refractivity contribution in [3.8, 4) is 11.3 Å². The lowest BCUT2D eigenvalue weighted by molar-refractivity contribution is 0.510. The fourth-order valence-corrected chi connectivity index (χ4v) is 2.01. The van der Waals surface area contributed by atoms with E-state index in [4.69, 9.17) is 0 Å². The molecular weight excluding hydrogens is 252 g/mol.